The first-order chi connectivity index (χ1) is 11.2. The number of hydrogen-bond acceptors (Lipinski definition) is 3. The maximum atomic E-state index is 10.5. The van der Waals surface area contributed by atoms with Crippen molar-refractivity contribution in [1.82, 2.24) is 10.2 Å². The van der Waals surface area contributed by atoms with E-state index in [1.54, 1.807) is 0 Å². The van der Waals surface area contributed by atoms with Crippen molar-refractivity contribution in [3.63, 3.8) is 0 Å². The van der Waals surface area contributed by atoms with E-state index in [1.807, 2.05) is 12.1 Å². The zero-order valence-corrected chi connectivity index (χ0v) is 13.3. The number of carbonyl (C=O) groups is 1. The third-order valence-corrected chi connectivity index (χ3v) is 3.60. The van der Waals surface area contributed by atoms with Gasteiger partial charge in [0.25, 0.3) is 0 Å². The molecule has 0 atom stereocenters. The minimum Gasteiger partial charge on any atom is -0.480 e. The molecular formula is C19H24N2O2. The number of nitrogens with one attached hydrogen (secondary N) is 1. The summed E-state index contributed by atoms with van der Waals surface area (Å²) >= 11 is 0. The van der Waals surface area contributed by atoms with E-state index >= 15 is 0 Å². The third kappa shape index (κ3) is 7.08. The normalized spacial score (nSPS) is 10.8. The summed E-state index contributed by atoms with van der Waals surface area (Å²) in [5, 5.41) is 11.6. The van der Waals surface area contributed by atoms with Crippen LogP contribution >= 0.6 is 0 Å². The van der Waals surface area contributed by atoms with Crippen LogP contribution in [0.3, 0.4) is 0 Å². The molecule has 122 valence electrons. The van der Waals surface area contributed by atoms with Crippen LogP contribution in [0.4, 0.5) is 0 Å². The lowest BCUT2D eigenvalue weighted by atomic mass is 10.1. The highest BCUT2D eigenvalue weighted by Crippen LogP contribution is 2.10. The van der Waals surface area contributed by atoms with Crippen LogP contribution in [0.1, 0.15) is 17.5 Å². The van der Waals surface area contributed by atoms with Gasteiger partial charge in [-0.25, -0.2) is 0 Å². The molecule has 0 saturated heterocycles. The molecule has 0 fully saturated rings. The summed E-state index contributed by atoms with van der Waals surface area (Å²) in [5.74, 6) is -0.810. The molecule has 0 aliphatic heterocycles. The Morgan fingerprint density at radius 2 is 1.43 bits per heavy atom. The topological polar surface area (TPSA) is 52.6 Å². The molecular weight excluding hydrogens is 288 g/mol. The molecule has 0 amide bonds. The van der Waals surface area contributed by atoms with E-state index in [1.165, 1.54) is 11.1 Å². The van der Waals surface area contributed by atoms with Crippen LogP contribution in [0.2, 0.25) is 0 Å². The van der Waals surface area contributed by atoms with E-state index in [2.05, 4.69) is 58.7 Å². The van der Waals surface area contributed by atoms with Gasteiger partial charge in [-0.15, -0.1) is 0 Å². The first kappa shape index (κ1) is 17.2. The molecule has 0 saturated carbocycles. The van der Waals surface area contributed by atoms with Gasteiger partial charge in [0.2, 0.25) is 0 Å². The SMILES string of the molecule is O=C(O)CNCCCN(Cc1ccccc1)Cc1ccccc1. The summed E-state index contributed by atoms with van der Waals surface area (Å²) in [6, 6.07) is 20.9. The van der Waals surface area contributed by atoms with Crippen molar-refractivity contribution in [2.75, 3.05) is 19.6 Å². The molecule has 0 unspecified atom stereocenters. The summed E-state index contributed by atoms with van der Waals surface area (Å²) in [4.78, 5) is 12.9. The Balaban J connectivity index is 1.87. The largest absolute Gasteiger partial charge is 0.480 e. The number of nitrogens with zero attached hydrogens (tertiary/aromatic N) is 1. The number of aliphatic carboxylic acids is 1. The van der Waals surface area contributed by atoms with E-state index in [9.17, 15) is 4.79 Å². The minimum absolute atomic E-state index is 0.0252. The average molecular weight is 312 g/mol. The van der Waals surface area contributed by atoms with Crippen molar-refractivity contribution < 1.29 is 9.90 Å². The average Bonchev–Trinajstić information content (AvgIpc) is 2.56. The van der Waals surface area contributed by atoms with Gasteiger partial charge < -0.3 is 10.4 Å². The van der Waals surface area contributed by atoms with Crippen LogP contribution in [0.15, 0.2) is 60.7 Å². The maximum absolute atomic E-state index is 10.5. The Kier molecular flexibility index (Phi) is 7.30. The highest BCUT2D eigenvalue weighted by Gasteiger charge is 2.07. The number of hydrogen-bond donors (Lipinski definition) is 2. The van der Waals surface area contributed by atoms with Crippen molar-refractivity contribution in [2.45, 2.75) is 19.5 Å². The fourth-order valence-electron chi connectivity index (χ4n) is 2.52. The molecule has 0 bridgehead atoms. The van der Waals surface area contributed by atoms with Crippen LogP contribution in [-0.4, -0.2) is 35.6 Å². The predicted molar refractivity (Wildman–Crippen MR) is 92.1 cm³/mol. The Labute approximate surface area is 137 Å². The number of carboxylic acid groups (broad SMARTS) is 1. The van der Waals surface area contributed by atoms with E-state index in [0.717, 1.165) is 26.1 Å². The fourth-order valence-corrected chi connectivity index (χ4v) is 2.52. The molecule has 4 nitrogen and oxygen atoms in total. The van der Waals surface area contributed by atoms with Crippen LogP contribution < -0.4 is 5.32 Å². The second kappa shape index (κ2) is 9.77. The monoisotopic (exact) mass is 312 g/mol. The van der Waals surface area contributed by atoms with E-state index in [4.69, 9.17) is 5.11 Å². The van der Waals surface area contributed by atoms with Gasteiger partial charge in [0.1, 0.15) is 0 Å². The Hall–Kier alpha value is -2.17. The molecule has 2 aromatic rings. The number of carboxylic acids is 1. The van der Waals surface area contributed by atoms with Crippen molar-refractivity contribution in [1.29, 1.82) is 0 Å². The van der Waals surface area contributed by atoms with Crippen LogP contribution in [0, 0.1) is 0 Å². The summed E-state index contributed by atoms with van der Waals surface area (Å²) < 4.78 is 0. The van der Waals surface area contributed by atoms with Gasteiger partial charge in [0, 0.05) is 19.6 Å². The molecule has 2 rings (SSSR count). The van der Waals surface area contributed by atoms with Crippen molar-refractivity contribution in [2.24, 2.45) is 0 Å². The minimum atomic E-state index is -0.810. The Morgan fingerprint density at radius 1 is 0.913 bits per heavy atom. The summed E-state index contributed by atoms with van der Waals surface area (Å²) in [5.41, 5.74) is 2.59. The molecule has 23 heavy (non-hydrogen) atoms. The molecule has 2 N–H and O–H groups in total. The van der Waals surface area contributed by atoms with Gasteiger partial charge in [-0.3, -0.25) is 9.69 Å². The number of rotatable bonds is 10. The predicted octanol–water partition coefficient (Wildman–Crippen LogP) is 2.75. The maximum Gasteiger partial charge on any atom is 0.317 e. The van der Waals surface area contributed by atoms with Gasteiger partial charge in [-0.05, 0) is 24.1 Å². The summed E-state index contributed by atoms with van der Waals surface area (Å²) in [6.45, 7) is 3.46. The van der Waals surface area contributed by atoms with E-state index in [-0.39, 0.29) is 6.54 Å². The van der Waals surface area contributed by atoms with Gasteiger partial charge in [-0.2, -0.15) is 0 Å². The van der Waals surface area contributed by atoms with Gasteiger partial charge in [0.05, 0.1) is 6.54 Å². The standard InChI is InChI=1S/C19H24N2O2/c22-19(23)14-20-12-7-13-21(15-17-8-3-1-4-9-17)16-18-10-5-2-6-11-18/h1-6,8-11,20H,7,12-16H2,(H,22,23). The quantitative estimate of drug-likeness (QED) is 0.662. The summed E-state index contributed by atoms with van der Waals surface area (Å²) in [7, 11) is 0. The van der Waals surface area contributed by atoms with Crippen molar-refractivity contribution >= 4 is 5.97 Å². The first-order valence-corrected chi connectivity index (χ1v) is 7.97. The highest BCUT2D eigenvalue weighted by atomic mass is 16.4. The fraction of sp³-hybridized carbons (Fsp3) is 0.316. The first-order valence-electron chi connectivity index (χ1n) is 7.97. The second-order valence-electron chi connectivity index (χ2n) is 5.61. The van der Waals surface area contributed by atoms with Gasteiger partial charge in [0.15, 0.2) is 0 Å². The second-order valence-corrected chi connectivity index (χ2v) is 5.61. The molecule has 4 heteroatoms. The van der Waals surface area contributed by atoms with Gasteiger partial charge in [-0.1, -0.05) is 60.7 Å². The molecule has 0 spiro atoms. The van der Waals surface area contributed by atoms with Crippen LogP contribution in [-0.2, 0) is 17.9 Å². The lowest BCUT2D eigenvalue weighted by Crippen LogP contribution is -2.29. The molecule has 0 aliphatic carbocycles. The van der Waals surface area contributed by atoms with Crippen molar-refractivity contribution in [3.8, 4) is 0 Å². The molecule has 0 aromatic heterocycles. The van der Waals surface area contributed by atoms with Gasteiger partial charge >= 0.3 is 5.97 Å². The number of benzene rings is 2. The smallest absolute Gasteiger partial charge is 0.317 e. The molecule has 0 radical (unpaired) electrons. The van der Waals surface area contributed by atoms with Crippen LogP contribution in [0.5, 0.6) is 0 Å². The lowest BCUT2D eigenvalue weighted by molar-refractivity contribution is -0.135. The van der Waals surface area contributed by atoms with E-state index < -0.39 is 5.97 Å². The molecule has 2 aromatic carbocycles. The molecule has 0 heterocycles. The highest BCUT2D eigenvalue weighted by molar-refractivity contribution is 5.68. The zero-order valence-electron chi connectivity index (χ0n) is 13.3. The summed E-state index contributed by atoms with van der Waals surface area (Å²) in [6.07, 6.45) is 0.924. The zero-order chi connectivity index (χ0) is 16.3. The molecule has 0 aliphatic rings. The van der Waals surface area contributed by atoms with Crippen LogP contribution in [0.25, 0.3) is 0 Å². The lowest BCUT2D eigenvalue weighted by Gasteiger charge is -2.22. The third-order valence-electron chi connectivity index (χ3n) is 3.60. The van der Waals surface area contributed by atoms with Crippen molar-refractivity contribution in [3.05, 3.63) is 71.8 Å². The Bertz CT molecular complexity index is 531. The Morgan fingerprint density at radius 3 is 1.91 bits per heavy atom. The van der Waals surface area contributed by atoms with E-state index in [0.29, 0.717) is 6.54 Å².